The number of nitrogens with zero attached hydrogens (tertiary/aromatic N) is 2. The molecule has 1 atom stereocenters. The second-order valence-corrected chi connectivity index (χ2v) is 5.32. The van der Waals surface area contributed by atoms with Crippen LogP contribution in [0.25, 0.3) is 0 Å². The van der Waals surface area contributed by atoms with E-state index in [0.717, 1.165) is 0 Å². The van der Waals surface area contributed by atoms with Crippen LogP contribution in [-0.2, 0) is 0 Å². The molecule has 2 aromatic carbocycles. The van der Waals surface area contributed by atoms with E-state index in [9.17, 15) is 0 Å². The number of benzene rings is 2. The van der Waals surface area contributed by atoms with Crippen LogP contribution in [0.4, 0.5) is 17.1 Å². The van der Waals surface area contributed by atoms with Gasteiger partial charge in [-0.3, -0.25) is 0 Å². The second kappa shape index (κ2) is 4.30. The molecule has 1 aliphatic rings. The Kier molecular flexibility index (Phi) is 2.74. The Labute approximate surface area is 115 Å². The van der Waals surface area contributed by atoms with Crippen LogP contribution >= 0.6 is 0 Å². The van der Waals surface area contributed by atoms with Crippen molar-refractivity contribution in [2.75, 3.05) is 16.8 Å². The zero-order valence-corrected chi connectivity index (χ0v) is 12.0. The molecule has 0 saturated heterocycles. The van der Waals surface area contributed by atoms with E-state index in [2.05, 4.69) is 80.1 Å². The summed E-state index contributed by atoms with van der Waals surface area (Å²) >= 11 is 0. The number of para-hydroxylation sites is 2. The fourth-order valence-corrected chi connectivity index (χ4v) is 2.87. The molecule has 1 heterocycles. The molecular weight excluding hydrogens is 232 g/mol. The Bertz CT molecular complexity index is 618. The first-order valence-electron chi connectivity index (χ1n) is 6.78. The Morgan fingerprint density at radius 1 is 0.842 bits per heavy atom. The summed E-state index contributed by atoms with van der Waals surface area (Å²) in [6, 6.07) is 15.2. The minimum absolute atomic E-state index is 0.345. The van der Waals surface area contributed by atoms with Crippen LogP contribution in [0.5, 0.6) is 0 Å². The van der Waals surface area contributed by atoms with E-state index in [0.29, 0.717) is 6.17 Å². The molecule has 98 valence electrons. The molecule has 0 spiro atoms. The summed E-state index contributed by atoms with van der Waals surface area (Å²) in [5.74, 6) is 0. The Morgan fingerprint density at radius 2 is 1.47 bits per heavy atom. The summed E-state index contributed by atoms with van der Waals surface area (Å²) in [4.78, 5) is 4.76. The number of hydrogen-bond donors (Lipinski definition) is 0. The lowest BCUT2D eigenvalue weighted by atomic mass is 10.1. The van der Waals surface area contributed by atoms with Crippen molar-refractivity contribution >= 4 is 17.1 Å². The summed E-state index contributed by atoms with van der Waals surface area (Å²) in [7, 11) is 2.16. The van der Waals surface area contributed by atoms with E-state index in [4.69, 9.17) is 0 Å². The summed E-state index contributed by atoms with van der Waals surface area (Å²) in [5, 5.41) is 0. The van der Waals surface area contributed by atoms with Crippen LogP contribution in [0, 0.1) is 13.8 Å². The van der Waals surface area contributed by atoms with Gasteiger partial charge in [0.25, 0.3) is 0 Å². The molecule has 0 aliphatic carbocycles. The van der Waals surface area contributed by atoms with Crippen molar-refractivity contribution in [3.63, 3.8) is 0 Å². The van der Waals surface area contributed by atoms with Gasteiger partial charge in [0.2, 0.25) is 0 Å². The predicted octanol–water partition coefficient (Wildman–Crippen LogP) is 4.24. The number of rotatable bonds is 1. The molecule has 1 unspecified atom stereocenters. The van der Waals surface area contributed by atoms with E-state index in [1.807, 2.05) is 0 Å². The molecule has 0 bridgehead atoms. The zero-order valence-electron chi connectivity index (χ0n) is 12.0. The number of aryl methyl sites for hydroxylation is 1. The summed E-state index contributed by atoms with van der Waals surface area (Å²) in [6.45, 7) is 6.63. The van der Waals surface area contributed by atoms with E-state index in [1.165, 1.54) is 28.2 Å². The van der Waals surface area contributed by atoms with Crippen LogP contribution in [-0.4, -0.2) is 13.2 Å². The van der Waals surface area contributed by atoms with Gasteiger partial charge in [-0.05, 0) is 50.1 Å². The Morgan fingerprint density at radius 3 is 2.21 bits per heavy atom. The molecule has 0 fully saturated rings. The number of anilines is 3. The average molecular weight is 252 g/mol. The van der Waals surface area contributed by atoms with Gasteiger partial charge in [0, 0.05) is 12.7 Å². The largest absolute Gasteiger partial charge is 0.353 e. The van der Waals surface area contributed by atoms with Crippen LogP contribution in [0.2, 0.25) is 0 Å². The predicted molar refractivity (Wildman–Crippen MR) is 82.4 cm³/mol. The van der Waals surface area contributed by atoms with Gasteiger partial charge < -0.3 is 9.80 Å². The molecule has 0 radical (unpaired) electrons. The van der Waals surface area contributed by atoms with Crippen molar-refractivity contribution in [3.05, 3.63) is 53.6 Å². The zero-order chi connectivity index (χ0) is 13.6. The van der Waals surface area contributed by atoms with Gasteiger partial charge in [0.1, 0.15) is 6.17 Å². The molecular formula is C17H20N2. The monoisotopic (exact) mass is 252 g/mol. The highest BCUT2D eigenvalue weighted by molar-refractivity contribution is 5.84. The third-order valence-electron chi connectivity index (χ3n) is 4.29. The molecule has 0 amide bonds. The normalized spacial score (nSPS) is 17.8. The minimum atomic E-state index is 0.345. The molecule has 0 saturated carbocycles. The highest BCUT2D eigenvalue weighted by atomic mass is 15.4. The van der Waals surface area contributed by atoms with Crippen LogP contribution in [0.3, 0.4) is 0 Å². The molecule has 3 rings (SSSR count). The lowest BCUT2D eigenvalue weighted by Gasteiger charge is -2.29. The topological polar surface area (TPSA) is 6.48 Å². The fourth-order valence-electron chi connectivity index (χ4n) is 2.87. The summed E-state index contributed by atoms with van der Waals surface area (Å²) < 4.78 is 0. The third kappa shape index (κ3) is 1.71. The quantitative estimate of drug-likeness (QED) is 0.749. The van der Waals surface area contributed by atoms with Gasteiger partial charge in [-0.2, -0.15) is 0 Å². The standard InChI is InChI=1S/C17H20N2/c1-12-8-7-11-15(13(12)2)19-14(3)18(4)16-9-5-6-10-17(16)19/h5-11,14H,1-4H3. The van der Waals surface area contributed by atoms with Crippen LogP contribution in [0.15, 0.2) is 42.5 Å². The van der Waals surface area contributed by atoms with Gasteiger partial charge in [-0.25, -0.2) is 0 Å². The highest BCUT2D eigenvalue weighted by Gasteiger charge is 2.31. The number of hydrogen-bond acceptors (Lipinski definition) is 2. The summed E-state index contributed by atoms with van der Waals surface area (Å²) in [6.07, 6.45) is 0.345. The van der Waals surface area contributed by atoms with Crippen molar-refractivity contribution in [3.8, 4) is 0 Å². The first kappa shape index (κ1) is 12.1. The SMILES string of the molecule is Cc1cccc(N2c3ccccc3N(C)C2C)c1C. The van der Waals surface area contributed by atoms with Gasteiger partial charge >= 0.3 is 0 Å². The van der Waals surface area contributed by atoms with E-state index in [1.54, 1.807) is 0 Å². The average Bonchev–Trinajstić information content (AvgIpc) is 2.67. The maximum absolute atomic E-state index is 2.43. The van der Waals surface area contributed by atoms with E-state index < -0.39 is 0 Å². The molecule has 1 aliphatic heterocycles. The Hall–Kier alpha value is -1.96. The van der Waals surface area contributed by atoms with Crippen LogP contribution < -0.4 is 9.80 Å². The van der Waals surface area contributed by atoms with Crippen molar-refractivity contribution in [2.24, 2.45) is 0 Å². The molecule has 19 heavy (non-hydrogen) atoms. The first-order chi connectivity index (χ1) is 9.11. The first-order valence-corrected chi connectivity index (χ1v) is 6.78. The lowest BCUT2D eigenvalue weighted by Crippen LogP contribution is -2.35. The minimum Gasteiger partial charge on any atom is -0.353 e. The molecule has 2 aromatic rings. The lowest BCUT2D eigenvalue weighted by molar-refractivity contribution is 0.732. The van der Waals surface area contributed by atoms with Gasteiger partial charge in [0.15, 0.2) is 0 Å². The van der Waals surface area contributed by atoms with Gasteiger partial charge in [-0.15, -0.1) is 0 Å². The third-order valence-corrected chi connectivity index (χ3v) is 4.29. The molecule has 2 nitrogen and oxygen atoms in total. The van der Waals surface area contributed by atoms with Crippen LogP contribution in [0.1, 0.15) is 18.1 Å². The molecule has 0 aromatic heterocycles. The smallest absolute Gasteiger partial charge is 0.103 e. The van der Waals surface area contributed by atoms with Crippen molar-refractivity contribution in [2.45, 2.75) is 26.9 Å². The Balaban J connectivity index is 2.18. The van der Waals surface area contributed by atoms with Crippen molar-refractivity contribution in [1.82, 2.24) is 0 Å². The van der Waals surface area contributed by atoms with E-state index >= 15 is 0 Å². The van der Waals surface area contributed by atoms with Crippen molar-refractivity contribution < 1.29 is 0 Å². The second-order valence-electron chi connectivity index (χ2n) is 5.32. The maximum atomic E-state index is 2.43. The van der Waals surface area contributed by atoms with E-state index in [-0.39, 0.29) is 0 Å². The fraction of sp³-hybridized carbons (Fsp3) is 0.294. The maximum Gasteiger partial charge on any atom is 0.103 e. The summed E-state index contributed by atoms with van der Waals surface area (Å²) in [5.41, 5.74) is 6.61. The highest BCUT2D eigenvalue weighted by Crippen LogP contribution is 2.44. The number of fused-ring (bicyclic) bond motifs is 1. The molecule has 2 heteroatoms. The van der Waals surface area contributed by atoms with Gasteiger partial charge in [-0.1, -0.05) is 24.3 Å². The van der Waals surface area contributed by atoms with Gasteiger partial charge in [0.05, 0.1) is 11.4 Å². The molecule has 0 N–H and O–H groups in total. The van der Waals surface area contributed by atoms with Crippen molar-refractivity contribution in [1.29, 1.82) is 0 Å².